The molecule has 0 amide bonds. The molecule has 11 rings (SSSR count). The van der Waals surface area contributed by atoms with Crippen LogP contribution in [0.25, 0.3) is 110 Å². The predicted octanol–water partition coefficient (Wildman–Crippen LogP) is 13.9. The second kappa shape index (κ2) is 10.4. The highest BCUT2D eigenvalue weighted by atomic mass is 16.3. The van der Waals surface area contributed by atoms with E-state index in [2.05, 4.69) is 158 Å². The molecule has 0 spiro atoms. The summed E-state index contributed by atoms with van der Waals surface area (Å²) in [4.78, 5) is 0. The number of para-hydroxylation sites is 1. The zero-order chi connectivity index (χ0) is 32.8. The van der Waals surface area contributed by atoms with Crippen molar-refractivity contribution in [1.82, 2.24) is 0 Å². The summed E-state index contributed by atoms with van der Waals surface area (Å²) in [6.45, 7) is 0. The average Bonchev–Trinajstić information content (AvgIpc) is 3.75. The molecule has 0 fully saturated rings. The molecule has 232 valence electrons. The Balaban J connectivity index is 1.04. The second-order valence-electron chi connectivity index (χ2n) is 13.2. The molecule has 0 unspecified atom stereocenters. The van der Waals surface area contributed by atoms with Crippen LogP contribution in [-0.4, -0.2) is 0 Å². The third kappa shape index (κ3) is 3.96. The minimum Gasteiger partial charge on any atom is -0.456 e. The predicted molar refractivity (Wildman–Crippen MR) is 210 cm³/mol. The molecule has 0 aliphatic rings. The lowest BCUT2D eigenvalue weighted by atomic mass is 9.85. The van der Waals surface area contributed by atoms with E-state index in [0.29, 0.717) is 0 Å². The molecule has 2 nitrogen and oxygen atoms in total. The maximum Gasteiger partial charge on any atom is 0.147 e. The first-order valence-corrected chi connectivity index (χ1v) is 17.1. The molecule has 0 bridgehead atoms. The fourth-order valence-corrected chi connectivity index (χ4v) is 8.16. The normalized spacial score (nSPS) is 12.0. The van der Waals surface area contributed by atoms with Gasteiger partial charge in [0.2, 0.25) is 0 Å². The Morgan fingerprint density at radius 2 is 0.820 bits per heavy atom. The summed E-state index contributed by atoms with van der Waals surface area (Å²) in [6.07, 6.45) is 0. The van der Waals surface area contributed by atoms with E-state index in [1.807, 2.05) is 12.1 Å². The third-order valence-corrected chi connectivity index (χ3v) is 10.4. The average molecular weight is 637 g/mol. The SMILES string of the molecule is c1ccc(-c2c3ccccc3c(-c3ccc4cc(-c5ccc6c(c5)oc5ccc7c8ccccc8oc7c56)ccc4c3)c3ccccc23)cc1. The molecule has 0 saturated carbocycles. The Hall–Kier alpha value is -6.64. The topological polar surface area (TPSA) is 26.3 Å². The minimum absolute atomic E-state index is 0.839. The van der Waals surface area contributed by atoms with E-state index >= 15 is 0 Å². The van der Waals surface area contributed by atoms with Crippen LogP contribution in [0.15, 0.2) is 179 Å². The Bertz CT molecular complexity index is 3080. The Labute approximate surface area is 287 Å². The molecule has 0 N–H and O–H groups in total. The minimum atomic E-state index is 0.839. The van der Waals surface area contributed by atoms with Crippen LogP contribution in [0.4, 0.5) is 0 Å². The smallest absolute Gasteiger partial charge is 0.147 e. The highest BCUT2D eigenvalue weighted by Gasteiger charge is 2.18. The van der Waals surface area contributed by atoms with Gasteiger partial charge in [-0.15, -0.1) is 0 Å². The molecule has 2 heteroatoms. The van der Waals surface area contributed by atoms with Crippen molar-refractivity contribution in [2.24, 2.45) is 0 Å². The lowest BCUT2D eigenvalue weighted by molar-refractivity contribution is 0.663. The van der Waals surface area contributed by atoms with Crippen molar-refractivity contribution in [2.75, 3.05) is 0 Å². The number of rotatable bonds is 3. The molecule has 0 aliphatic carbocycles. The Morgan fingerprint density at radius 1 is 0.280 bits per heavy atom. The summed E-state index contributed by atoms with van der Waals surface area (Å²) in [5, 5.41) is 11.8. The van der Waals surface area contributed by atoms with E-state index in [1.54, 1.807) is 0 Å². The summed E-state index contributed by atoms with van der Waals surface area (Å²) < 4.78 is 12.8. The van der Waals surface area contributed by atoms with Gasteiger partial charge >= 0.3 is 0 Å². The quantitative estimate of drug-likeness (QED) is 0.180. The summed E-state index contributed by atoms with van der Waals surface area (Å²) >= 11 is 0. The molecule has 0 aliphatic heterocycles. The first kappa shape index (κ1) is 27.3. The monoisotopic (exact) mass is 636 g/mol. The molecular weight excluding hydrogens is 609 g/mol. The first-order chi connectivity index (χ1) is 24.8. The van der Waals surface area contributed by atoms with Gasteiger partial charge in [-0.3, -0.25) is 0 Å². The second-order valence-corrected chi connectivity index (χ2v) is 13.2. The summed E-state index contributed by atoms with van der Waals surface area (Å²) in [6, 6.07) is 61.0. The van der Waals surface area contributed by atoms with E-state index in [0.717, 1.165) is 55.0 Å². The molecule has 0 radical (unpaired) electrons. The number of furan rings is 2. The molecule has 50 heavy (non-hydrogen) atoms. The molecule has 11 aromatic rings. The van der Waals surface area contributed by atoms with Crippen molar-refractivity contribution in [3.8, 4) is 33.4 Å². The zero-order valence-corrected chi connectivity index (χ0v) is 27.0. The van der Waals surface area contributed by atoms with Crippen LogP contribution < -0.4 is 0 Å². The van der Waals surface area contributed by atoms with Crippen molar-refractivity contribution in [1.29, 1.82) is 0 Å². The highest BCUT2D eigenvalue weighted by molar-refractivity contribution is 6.23. The van der Waals surface area contributed by atoms with Gasteiger partial charge in [0.25, 0.3) is 0 Å². The summed E-state index contributed by atoms with van der Waals surface area (Å²) in [5.41, 5.74) is 10.8. The van der Waals surface area contributed by atoms with Crippen LogP contribution in [0.1, 0.15) is 0 Å². The number of benzene rings is 9. The molecule has 2 heterocycles. The number of hydrogen-bond donors (Lipinski definition) is 0. The van der Waals surface area contributed by atoms with E-state index in [1.165, 1.54) is 54.6 Å². The molecule has 0 atom stereocenters. The van der Waals surface area contributed by atoms with Gasteiger partial charge in [0.15, 0.2) is 0 Å². The highest BCUT2D eigenvalue weighted by Crippen LogP contribution is 2.45. The molecule has 2 aromatic heterocycles. The van der Waals surface area contributed by atoms with Crippen molar-refractivity contribution in [3.05, 3.63) is 170 Å². The third-order valence-electron chi connectivity index (χ3n) is 10.4. The van der Waals surface area contributed by atoms with Gasteiger partial charge < -0.3 is 8.83 Å². The van der Waals surface area contributed by atoms with Crippen molar-refractivity contribution >= 4 is 76.2 Å². The van der Waals surface area contributed by atoms with Gasteiger partial charge in [0.05, 0.1) is 5.39 Å². The van der Waals surface area contributed by atoms with Crippen molar-refractivity contribution < 1.29 is 8.83 Å². The molecular formula is C48H28O2. The Morgan fingerprint density at radius 3 is 1.54 bits per heavy atom. The number of fused-ring (bicyclic) bond motifs is 10. The summed E-state index contributed by atoms with van der Waals surface area (Å²) in [7, 11) is 0. The van der Waals surface area contributed by atoms with Crippen molar-refractivity contribution in [2.45, 2.75) is 0 Å². The summed E-state index contributed by atoms with van der Waals surface area (Å²) in [5.74, 6) is 0. The van der Waals surface area contributed by atoms with Gasteiger partial charge in [-0.1, -0.05) is 127 Å². The van der Waals surface area contributed by atoms with Crippen LogP contribution in [0.3, 0.4) is 0 Å². The van der Waals surface area contributed by atoms with Crippen LogP contribution in [0.2, 0.25) is 0 Å². The van der Waals surface area contributed by atoms with Crippen LogP contribution >= 0.6 is 0 Å². The van der Waals surface area contributed by atoms with E-state index in [4.69, 9.17) is 8.83 Å². The van der Waals surface area contributed by atoms with Crippen LogP contribution in [0.5, 0.6) is 0 Å². The maximum atomic E-state index is 6.42. The fraction of sp³-hybridized carbons (Fsp3) is 0. The van der Waals surface area contributed by atoms with Gasteiger partial charge in [-0.2, -0.15) is 0 Å². The zero-order valence-electron chi connectivity index (χ0n) is 27.0. The fourth-order valence-electron chi connectivity index (χ4n) is 8.16. The Kier molecular flexibility index (Phi) is 5.70. The maximum absolute atomic E-state index is 6.42. The van der Waals surface area contributed by atoms with E-state index in [-0.39, 0.29) is 0 Å². The van der Waals surface area contributed by atoms with Crippen LogP contribution in [0, 0.1) is 0 Å². The molecule has 9 aromatic carbocycles. The van der Waals surface area contributed by atoms with Gasteiger partial charge in [0.1, 0.15) is 22.3 Å². The van der Waals surface area contributed by atoms with Gasteiger partial charge in [-0.25, -0.2) is 0 Å². The largest absolute Gasteiger partial charge is 0.456 e. The standard InChI is InChI=1S/C48H28O2/c1-2-10-29(11-3-1)45-36-13-4-6-15-38(36)46(39-16-7-5-14-37(39)45)34-21-20-30-26-31(18-19-32(30)27-34)33-22-23-41-44(28-33)49-43-25-24-40-35-12-8-9-17-42(35)50-48(40)47(41)43/h1-28H. The molecule has 0 saturated heterocycles. The first-order valence-electron chi connectivity index (χ1n) is 17.1. The van der Waals surface area contributed by atoms with Gasteiger partial charge in [-0.05, 0) is 108 Å². The lowest BCUT2D eigenvalue weighted by Gasteiger charge is -2.18. The number of hydrogen-bond acceptors (Lipinski definition) is 2. The van der Waals surface area contributed by atoms with Crippen LogP contribution in [-0.2, 0) is 0 Å². The van der Waals surface area contributed by atoms with Gasteiger partial charge in [0, 0.05) is 16.2 Å². The van der Waals surface area contributed by atoms with Crippen molar-refractivity contribution in [3.63, 3.8) is 0 Å². The van der Waals surface area contributed by atoms with E-state index < -0.39 is 0 Å². The lowest BCUT2D eigenvalue weighted by Crippen LogP contribution is -1.90. The van der Waals surface area contributed by atoms with E-state index in [9.17, 15) is 0 Å².